The molecule has 0 unspecified atom stereocenters. The normalized spacial score (nSPS) is 31.8. The van der Waals surface area contributed by atoms with Crippen LogP contribution in [0.5, 0.6) is 0 Å². The summed E-state index contributed by atoms with van der Waals surface area (Å²) in [6, 6.07) is 0. The summed E-state index contributed by atoms with van der Waals surface area (Å²) in [6.07, 6.45) is 4.47. The Kier molecular flexibility index (Phi) is 3.42. The van der Waals surface area contributed by atoms with Crippen molar-refractivity contribution >= 4 is 27.5 Å². The smallest absolute Gasteiger partial charge is 0.179 e. The fourth-order valence-corrected chi connectivity index (χ4v) is 3.02. The maximum absolute atomic E-state index is 5.69. The minimum absolute atomic E-state index is 0.227. The molecule has 2 rings (SSSR count). The van der Waals surface area contributed by atoms with Gasteiger partial charge in [0.05, 0.1) is 0 Å². The minimum Gasteiger partial charge on any atom is -0.370 e. The second-order valence-electron chi connectivity index (χ2n) is 4.25. The van der Waals surface area contributed by atoms with Crippen LogP contribution in [0.3, 0.4) is 0 Å². The number of ether oxygens (including phenoxy) is 1. The van der Waals surface area contributed by atoms with Gasteiger partial charge in [-0.05, 0) is 59.1 Å². The molecule has 0 aromatic carbocycles. The molecule has 0 amide bonds. The molecule has 1 saturated carbocycles. The largest absolute Gasteiger partial charge is 0.370 e. The van der Waals surface area contributed by atoms with Gasteiger partial charge in [-0.25, -0.2) is 4.98 Å². The van der Waals surface area contributed by atoms with E-state index in [9.17, 15) is 0 Å². The van der Waals surface area contributed by atoms with Crippen molar-refractivity contribution < 1.29 is 4.74 Å². The van der Waals surface area contributed by atoms with E-state index in [4.69, 9.17) is 4.74 Å². The van der Waals surface area contributed by atoms with Crippen LogP contribution in [0.15, 0.2) is 3.92 Å². The second-order valence-corrected chi connectivity index (χ2v) is 6.28. The molecule has 0 atom stereocenters. The van der Waals surface area contributed by atoms with Crippen LogP contribution in [-0.4, -0.2) is 16.5 Å². The maximum atomic E-state index is 5.69. The van der Waals surface area contributed by atoms with Gasteiger partial charge in [-0.1, -0.05) is 6.92 Å². The number of aromatic nitrogens is 2. The van der Waals surface area contributed by atoms with E-state index in [0.717, 1.165) is 28.5 Å². The van der Waals surface area contributed by atoms with E-state index < -0.39 is 0 Å². The Morgan fingerprint density at radius 3 is 2.60 bits per heavy atom. The molecular weight excluding hydrogens is 276 g/mol. The Hall–Kier alpha value is -0.0000000000000000555. The van der Waals surface area contributed by atoms with E-state index >= 15 is 0 Å². The van der Waals surface area contributed by atoms with Crippen LogP contribution >= 0.6 is 27.5 Å². The van der Waals surface area contributed by atoms with Crippen LogP contribution in [0.2, 0.25) is 0 Å². The van der Waals surface area contributed by atoms with Crippen molar-refractivity contribution in [1.29, 1.82) is 0 Å². The Labute approximate surface area is 103 Å². The number of hydrogen-bond acceptors (Lipinski definition) is 4. The zero-order valence-electron chi connectivity index (χ0n) is 8.99. The third kappa shape index (κ3) is 2.24. The number of rotatable bonds is 2. The average molecular weight is 291 g/mol. The van der Waals surface area contributed by atoms with E-state index in [1.807, 2.05) is 0 Å². The molecule has 0 saturated heterocycles. The predicted molar refractivity (Wildman–Crippen MR) is 63.9 cm³/mol. The fraction of sp³-hybridized carbons (Fsp3) is 0.800. The highest BCUT2D eigenvalue weighted by molar-refractivity contribution is 9.11. The van der Waals surface area contributed by atoms with Crippen molar-refractivity contribution in [3.8, 4) is 0 Å². The lowest BCUT2D eigenvalue weighted by molar-refractivity contribution is -0.0589. The first-order valence-electron chi connectivity index (χ1n) is 5.21. The van der Waals surface area contributed by atoms with Crippen LogP contribution in [0, 0.1) is 5.92 Å². The SMILES string of the molecule is COC1(c2nsc(Br)n2)CCC(C)CC1. The number of halogens is 1. The highest BCUT2D eigenvalue weighted by Gasteiger charge is 2.39. The summed E-state index contributed by atoms with van der Waals surface area (Å²) in [6.45, 7) is 2.30. The van der Waals surface area contributed by atoms with Crippen molar-refractivity contribution in [2.45, 2.75) is 38.2 Å². The zero-order valence-corrected chi connectivity index (χ0v) is 11.4. The van der Waals surface area contributed by atoms with Crippen molar-refractivity contribution in [3.63, 3.8) is 0 Å². The molecule has 1 heterocycles. The Morgan fingerprint density at radius 2 is 2.13 bits per heavy atom. The van der Waals surface area contributed by atoms with Crippen molar-refractivity contribution in [1.82, 2.24) is 9.36 Å². The topological polar surface area (TPSA) is 35.0 Å². The van der Waals surface area contributed by atoms with Gasteiger partial charge in [0.15, 0.2) is 9.74 Å². The van der Waals surface area contributed by atoms with Gasteiger partial charge in [-0.15, -0.1) is 0 Å². The minimum atomic E-state index is -0.227. The van der Waals surface area contributed by atoms with Gasteiger partial charge in [0.1, 0.15) is 5.60 Å². The van der Waals surface area contributed by atoms with Crippen molar-refractivity contribution in [2.24, 2.45) is 5.92 Å². The van der Waals surface area contributed by atoms with Gasteiger partial charge >= 0.3 is 0 Å². The molecule has 1 fully saturated rings. The number of methoxy groups -OCH3 is 1. The molecule has 1 aliphatic rings. The average Bonchev–Trinajstić information content (AvgIpc) is 2.67. The molecule has 5 heteroatoms. The maximum Gasteiger partial charge on any atom is 0.179 e. The lowest BCUT2D eigenvalue weighted by atomic mass is 9.79. The van der Waals surface area contributed by atoms with Crippen LogP contribution in [0.25, 0.3) is 0 Å². The molecule has 0 aliphatic heterocycles. The van der Waals surface area contributed by atoms with E-state index in [1.165, 1.54) is 24.4 Å². The molecule has 1 aliphatic carbocycles. The Bertz CT molecular complexity index is 334. The number of hydrogen-bond donors (Lipinski definition) is 0. The van der Waals surface area contributed by atoms with E-state index in [2.05, 4.69) is 32.2 Å². The third-order valence-corrected chi connectivity index (χ3v) is 4.40. The van der Waals surface area contributed by atoms with Gasteiger partial charge in [0, 0.05) is 7.11 Å². The first-order valence-corrected chi connectivity index (χ1v) is 6.78. The van der Waals surface area contributed by atoms with E-state index in [1.54, 1.807) is 7.11 Å². The lowest BCUT2D eigenvalue weighted by Crippen LogP contribution is -2.34. The van der Waals surface area contributed by atoms with Gasteiger partial charge in [0.2, 0.25) is 0 Å². The van der Waals surface area contributed by atoms with Gasteiger partial charge in [-0.2, -0.15) is 4.37 Å². The first kappa shape index (κ1) is 11.5. The molecule has 0 spiro atoms. The van der Waals surface area contributed by atoms with Gasteiger partial charge in [-0.3, -0.25) is 0 Å². The molecule has 0 radical (unpaired) electrons. The molecule has 84 valence electrons. The van der Waals surface area contributed by atoms with E-state index in [-0.39, 0.29) is 5.60 Å². The third-order valence-electron chi connectivity index (χ3n) is 3.28. The summed E-state index contributed by atoms with van der Waals surface area (Å²) in [4.78, 5) is 4.40. The predicted octanol–water partition coefficient (Wildman–Crippen LogP) is 3.35. The molecule has 3 nitrogen and oxygen atoms in total. The van der Waals surface area contributed by atoms with E-state index in [0.29, 0.717) is 0 Å². The quantitative estimate of drug-likeness (QED) is 0.838. The standard InChI is InChI=1S/C10H15BrN2OS/c1-7-3-5-10(14-2,6-4-7)8-12-9(11)15-13-8/h7H,3-6H2,1-2H3. The van der Waals surface area contributed by atoms with Crippen molar-refractivity contribution in [2.75, 3.05) is 7.11 Å². The van der Waals surface area contributed by atoms with Crippen LogP contribution < -0.4 is 0 Å². The monoisotopic (exact) mass is 290 g/mol. The Balaban J connectivity index is 2.22. The zero-order chi connectivity index (χ0) is 10.9. The summed E-state index contributed by atoms with van der Waals surface area (Å²) < 4.78 is 10.9. The summed E-state index contributed by atoms with van der Waals surface area (Å²) in [5.74, 6) is 1.66. The molecule has 15 heavy (non-hydrogen) atoms. The molecule has 1 aromatic heterocycles. The summed E-state index contributed by atoms with van der Waals surface area (Å²) in [7, 11) is 1.77. The lowest BCUT2D eigenvalue weighted by Gasteiger charge is -2.35. The summed E-state index contributed by atoms with van der Waals surface area (Å²) in [5, 5.41) is 0. The second kappa shape index (κ2) is 4.47. The summed E-state index contributed by atoms with van der Waals surface area (Å²) in [5.41, 5.74) is -0.227. The van der Waals surface area contributed by atoms with Crippen molar-refractivity contribution in [3.05, 3.63) is 9.74 Å². The number of nitrogens with zero attached hydrogens (tertiary/aromatic N) is 2. The van der Waals surface area contributed by atoms with Crippen LogP contribution in [0.4, 0.5) is 0 Å². The highest BCUT2D eigenvalue weighted by Crippen LogP contribution is 2.41. The first-order chi connectivity index (χ1) is 7.16. The molecular formula is C10H15BrN2OS. The van der Waals surface area contributed by atoms with Crippen LogP contribution in [-0.2, 0) is 10.3 Å². The molecule has 0 bridgehead atoms. The van der Waals surface area contributed by atoms with Gasteiger partial charge < -0.3 is 4.74 Å². The molecule has 1 aromatic rings. The highest BCUT2D eigenvalue weighted by atomic mass is 79.9. The van der Waals surface area contributed by atoms with Gasteiger partial charge in [0.25, 0.3) is 0 Å². The fourth-order valence-electron chi connectivity index (χ4n) is 2.14. The van der Waals surface area contributed by atoms with Crippen LogP contribution in [0.1, 0.15) is 38.4 Å². The summed E-state index contributed by atoms with van der Waals surface area (Å²) >= 11 is 4.74. The Morgan fingerprint density at radius 1 is 1.47 bits per heavy atom. The molecule has 0 N–H and O–H groups in total.